The molecule has 1 heterocycles. The second kappa shape index (κ2) is 7.47. The molecule has 1 fully saturated rings. The molecule has 0 aliphatic carbocycles. The number of amidine groups is 1. The fourth-order valence-corrected chi connectivity index (χ4v) is 1.74. The van der Waals surface area contributed by atoms with E-state index in [4.69, 9.17) is 4.74 Å². The predicted molar refractivity (Wildman–Crippen MR) is 66.7 cm³/mol. The zero-order chi connectivity index (χ0) is 15.2. The molecular formula is C12H19F3N2O3. The quantitative estimate of drug-likeness (QED) is 0.593. The highest BCUT2D eigenvalue weighted by molar-refractivity contribution is 5.93. The maximum absolute atomic E-state index is 11.9. The molecule has 116 valence electrons. The summed E-state index contributed by atoms with van der Waals surface area (Å²) in [5, 5.41) is 0. The van der Waals surface area contributed by atoms with Crippen LogP contribution >= 0.6 is 0 Å². The van der Waals surface area contributed by atoms with Gasteiger partial charge in [0.05, 0.1) is 19.6 Å². The van der Waals surface area contributed by atoms with Gasteiger partial charge in [-0.25, -0.2) is 4.79 Å². The van der Waals surface area contributed by atoms with Gasteiger partial charge in [-0.3, -0.25) is 0 Å². The molecule has 1 aliphatic rings. The molecule has 20 heavy (non-hydrogen) atoms. The van der Waals surface area contributed by atoms with E-state index >= 15 is 0 Å². The van der Waals surface area contributed by atoms with Crippen LogP contribution in [0.5, 0.6) is 0 Å². The third-order valence-electron chi connectivity index (χ3n) is 2.67. The van der Waals surface area contributed by atoms with Crippen molar-refractivity contribution >= 4 is 11.9 Å². The van der Waals surface area contributed by atoms with E-state index in [1.165, 1.54) is 0 Å². The Morgan fingerprint density at radius 2 is 1.95 bits per heavy atom. The molecule has 0 aromatic carbocycles. The van der Waals surface area contributed by atoms with E-state index in [0.29, 0.717) is 32.1 Å². The van der Waals surface area contributed by atoms with Gasteiger partial charge >= 0.3 is 12.3 Å². The van der Waals surface area contributed by atoms with Crippen LogP contribution in [-0.4, -0.2) is 55.9 Å². The average Bonchev–Trinajstić information content (AvgIpc) is 2.35. The second-order valence-corrected chi connectivity index (χ2v) is 4.70. The number of morpholine rings is 1. The van der Waals surface area contributed by atoms with Crippen molar-refractivity contribution in [1.29, 1.82) is 0 Å². The Kier molecular flexibility index (Phi) is 6.25. The van der Waals surface area contributed by atoms with Crippen molar-refractivity contribution in [3.05, 3.63) is 0 Å². The summed E-state index contributed by atoms with van der Waals surface area (Å²) < 4.78 is 45.5. The van der Waals surface area contributed by atoms with Crippen LogP contribution in [0.2, 0.25) is 0 Å². The van der Waals surface area contributed by atoms with Crippen LogP contribution in [-0.2, 0) is 9.47 Å². The van der Waals surface area contributed by atoms with Crippen LogP contribution < -0.4 is 0 Å². The van der Waals surface area contributed by atoms with Gasteiger partial charge in [-0.1, -0.05) is 13.8 Å². The molecule has 0 bridgehead atoms. The van der Waals surface area contributed by atoms with Crippen LogP contribution in [0.1, 0.15) is 20.3 Å². The van der Waals surface area contributed by atoms with Crippen LogP contribution in [0, 0.1) is 5.92 Å². The molecule has 5 nitrogen and oxygen atoms in total. The van der Waals surface area contributed by atoms with E-state index in [9.17, 15) is 18.0 Å². The Hall–Kier alpha value is -1.31. The highest BCUT2D eigenvalue weighted by Gasteiger charge is 2.27. The Bertz CT molecular complexity index is 350. The average molecular weight is 296 g/mol. The van der Waals surface area contributed by atoms with Gasteiger partial charge in [0, 0.05) is 19.0 Å². The molecule has 0 saturated carbocycles. The lowest BCUT2D eigenvalue weighted by Crippen LogP contribution is -2.43. The summed E-state index contributed by atoms with van der Waals surface area (Å²) in [7, 11) is 0. The van der Waals surface area contributed by atoms with Gasteiger partial charge in [-0.05, 0) is 0 Å². The summed E-state index contributed by atoms with van der Waals surface area (Å²) in [5.74, 6) is 0.494. The minimum atomic E-state index is -4.34. The minimum Gasteiger partial charge on any atom is -0.448 e. The number of rotatable bonds is 3. The molecule has 0 unspecified atom stereocenters. The normalized spacial score (nSPS) is 17.5. The lowest BCUT2D eigenvalue weighted by Gasteiger charge is -2.31. The Morgan fingerprint density at radius 1 is 1.35 bits per heavy atom. The summed E-state index contributed by atoms with van der Waals surface area (Å²) in [6, 6.07) is 0. The van der Waals surface area contributed by atoms with Crippen molar-refractivity contribution in [3.8, 4) is 0 Å². The summed E-state index contributed by atoms with van der Waals surface area (Å²) in [5.41, 5.74) is 0. The number of hydrogen-bond donors (Lipinski definition) is 0. The van der Waals surface area contributed by atoms with Crippen LogP contribution in [0.15, 0.2) is 4.99 Å². The third-order valence-corrected chi connectivity index (χ3v) is 2.67. The number of alkyl halides is 3. The topological polar surface area (TPSA) is 51.1 Å². The number of carbonyl (C=O) groups excluding carboxylic acids is 1. The van der Waals surface area contributed by atoms with Crippen molar-refractivity contribution in [3.63, 3.8) is 0 Å². The first-order valence-corrected chi connectivity index (χ1v) is 6.44. The van der Waals surface area contributed by atoms with Crippen molar-refractivity contribution in [2.75, 3.05) is 32.9 Å². The molecule has 1 rings (SSSR count). The Morgan fingerprint density at radius 3 is 2.45 bits per heavy atom. The monoisotopic (exact) mass is 296 g/mol. The molecule has 0 spiro atoms. The van der Waals surface area contributed by atoms with Gasteiger partial charge in [0.2, 0.25) is 0 Å². The van der Waals surface area contributed by atoms with E-state index in [2.05, 4.69) is 9.73 Å². The van der Waals surface area contributed by atoms with Crippen molar-refractivity contribution in [2.45, 2.75) is 26.4 Å². The first-order valence-electron chi connectivity index (χ1n) is 6.44. The van der Waals surface area contributed by atoms with Crippen molar-refractivity contribution in [1.82, 2.24) is 4.90 Å². The molecule has 8 heteroatoms. The van der Waals surface area contributed by atoms with E-state index in [-0.39, 0.29) is 5.92 Å². The first-order chi connectivity index (χ1) is 9.29. The Labute approximate surface area is 115 Å². The molecule has 1 saturated heterocycles. The zero-order valence-electron chi connectivity index (χ0n) is 11.6. The summed E-state index contributed by atoms with van der Waals surface area (Å²) in [6.45, 7) is 5.29. The Balaban J connectivity index is 2.54. The maximum atomic E-state index is 11.9. The fourth-order valence-electron chi connectivity index (χ4n) is 1.74. The van der Waals surface area contributed by atoms with Crippen LogP contribution in [0.4, 0.5) is 18.0 Å². The van der Waals surface area contributed by atoms with Crippen LogP contribution in [0.25, 0.3) is 0 Å². The molecule has 1 amide bonds. The predicted octanol–water partition coefficient (Wildman–Crippen LogP) is 2.46. The summed E-state index contributed by atoms with van der Waals surface area (Å²) in [4.78, 5) is 17.1. The fraction of sp³-hybridized carbons (Fsp3) is 0.833. The van der Waals surface area contributed by atoms with E-state index in [0.717, 1.165) is 0 Å². The van der Waals surface area contributed by atoms with Crippen molar-refractivity contribution < 1.29 is 27.4 Å². The third kappa shape index (κ3) is 6.23. The zero-order valence-corrected chi connectivity index (χ0v) is 11.6. The van der Waals surface area contributed by atoms with Crippen LogP contribution in [0.3, 0.4) is 0 Å². The van der Waals surface area contributed by atoms with Gasteiger partial charge in [0.15, 0.2) is 0 Å². The van der Waals surface area contributed by atoms with E-state index < -0.39 is 25.3 Å². The number of aliphatic imine (C=N–C) groups is 1. The highest BCUT2D eigenvalue weighted by atomic mass is 19.4. The number of amides is 1. The highest BCUT2D eigenvalue weighted by Crippen LogP contribution is 2.19. The number of carbonyl (C=O) groups is 1. The SMILES string of the molecule is CC(C)/C(=N/C(=O)OCCC(F)(F)F)N1CCOCC1. The number of nitrogens with zero attached hydrogens (tertiary/aromatic N) is 2. The van der Waals surface area contributed by atoms with E-state index in [1.807, 2.05) is 18.7 Å². The van der Waals surface area contributed by atoms with Gasteiger partial charge in [-0.2, -0.15) is 18.2 Å². The molecule has 0 aromatic rings. The number of hydrogen-bond acceptors (Lipinski definition) is 3. The minimum absolute atomic E-state index is 0.0248. The lowest BCUT2D eigenvalue weighted by atomic mass is 10.1. The van der Waals surface area contributed by atoms with Gasteiger partial charge in [0.1, 0.15) is 12.4 Å². The van der Waals surface area contributed by atoms with Crippen molar-refractivity contribution in [2.24, 2.45) is 10.9 Å². The van der Waals surface area contributed by atoms with E-state index in [1.54, 1.807) is 0 Å². The maximum Gasteiger partial charge on any atom is 0.435 e. The first kappa shape index (κ1) is 16.7. The molecule has 0 atom stereocenters. The molecule has 0 N–H and O–H groups in total. The number of ether oxygens (including phenoxy) is 2. The van der Waals surface area contributed by atoms with Gasteiger partial charge in [-0.15, -0.1) is 0 Å². The standard InChI is InChI=1S/C12H19F3N2O3/c1-9(2)10(17-4-7-19-8-5-17)16-11(18)20-6-3-12(13,14)15/h9H,3-8H2,1-2H3/b16-10-. The molecular weight excluding hydrogens is 277 g/mol. The van der Waals surface area contributed by atoms with Gasteiger partial charge < -0.3 is 14.4 Å². The molecule has 1 aliphatic heterocycles. The lowest BCUT2D eigenvalue weighted by molar-refractivity contribution is -0.141. The summed E-state index contributed by atoms with van der Waals surface area (Å²) in [6.07, 6.45) is -6.48. The summed E-state index contributed by atoms with van der Waals surface area (Å²) >= 11 is 0. The molecule has 0 aromatic heterocycles. The van der Waals surface area contributed by atoms with Gasteiger partial charge in [0.25, 0.3) is 0 Å². The second-order valence-electron chi connectivity index (χ2n) is 4.70. The number of halogens is 3. The smallest absolute Gasteiger partial charge is 0.435 e. The molecule has 0 radical (unpaired) electrons. The largest absolute Gasteiger partial charge is 0.448 e.